The quantitative estimate of drug-likeness (QED) is 0.881. The van der Waals surface area contributed by atoms with Crippen molar-refractivity contribution in [1.82, 2.24) is 0 Å². The number of ketones is 1. The number of fused-ring (bicyclic) bond motifs is 1. The molecule has 0 saturated heterocycles. The smallest absolute Gasteiger partial charge is 0.195 e. The molecule has 0 bridgehead atoms. The van der Waals surface area contributed by atoms with E-state index in [1.165, 1.54) is 0 Å². The van der Waals surface area contributed by atoms with Crippen LogP contribution >= 0.6 is 0 Å². The van der Waals surface area contributed by atoms with E-state index in [2.05, 4.69) is 0 Å². The van der Waals surface area contributed by atoms with Gasteiger partial charge in [0.05, 0.1) is 13.2 Å². The van der Waals surface area contributed by atoms with E-state index < -0.39 is 6.10 Å². The summed E-state index contributed by atoms with van der Waals surface area (Å²) < 4.78 is 11.1. The van der Waals surface area contributed by atoms with Crippen LogP contribution in [-0.2, 0) is 0 Å². The van der Waals surface area contributed by atoms with Crippen LogP contribution in [0.2, 0.25) is 0 Å². The van der Waals surface area contributed by atoms with Crippen molar-refractivity contribution in [2.45, 2.75) is 12.5 Å². The summed E-state index contributed by atoms with van der Waals surface area (Å²) in [6.07, 6.45) is -0.360. The number of hydrogen-bond acceptors (Lipinski definition) is 4. The molecule has 0 aromatic heterocycles. The maximum Gasteiger partial charge on any atom is 0.195 e. The SMILES string of the molecule is O=C(c1ccc2c(c1)OCCCO2)C(O)c1ccccc1. The molecule has 4 heteroatoms. The molecule has 21 heavy (non-hydrogen) atoms. The van der Waals surface area contributed by atoms with Crippen molar-refractivity contribution in [1.29, 1.82) is 0 Å². The highest BCUT2D eigenvalue weighted by molar-refractivity contribution is 6.00. The molecule has 1 aliphatic heterocycles. The Bertz CT molecular complexity index is 636. The first-order valence-electron chi connectivity index (χ1n) is 6.92. The Kier molecular flexibility index (Phi) is 3.88. The van der Waals surface area contributed by atoms with Crippen molar-refractivity contribution >= 4 is 5.78 Å². The van der Waals surface area contributed by atoms with Gasteiger partial charge >= 0.3 is 0 Å². The third-order valence-electron chi connectivity index (χ3n) is 3.40. The molecule has 2 aromatic carbocycles. The topological polar surface area (TPSA) is 55.8 Å². The van der Waals surface area contributed by atoms with Crippen molar-refractivity contribution < 1.29 is 19.4 Å². The van der Waals surface area contributed by atoms with Gasteiger partial charge in [-0.25, -0.2) is 0 Å². The molecule has 4 nitrogen and oxygen atoms in total. The molecule has 0 spiro atoms. The number of carbonyl (C=O) groups is 1. The Morgan fingerprint density at radius 2 is 1.71 bits per heavy atom. The molecular weight excluding hydrogens is 268 g/mol. The van der Waals surface area contributed by atoms with Crippen LogP contribution in [0.15, 0.2) is 48.5 Å². The van der Waals surface area contributed by atoms with Crippen molar-refractivity contribution in [3.8, 4) is 11.5 Å². The second-order valence-electron chi connectivity index (χ2n) is 4.89. The summed E-state index contributed by atoms with van der Waals surface area (Å²) in [7, 11) is 0. The number of carbonyl (C=O) groups excluding carboxylic acids is 1. The number of aliphatic hydroxyl groups excluding tert-OH is 1. The lowest BCUT2D eigenvalue weighted by Gasteiger charge is -2.12. The van der Waals surface area contributed by atoms with Gasteiger partial charge in [-0.3, -0.25) is 4.79 Å². The van der Waals surface area contributed by atoms with Gasteiger partial charge in [-0.15, -0.1) is 0 Å². The van der Waals surface area contributed by atoms with Crippen LogP contribution in [0.3, 0.4) is 0 Å². The van der Waals surface area contributed by atoms with Crippen LogP contribution in [-0.4, -0.2) is 24.1 Å². The summed E-state index contributed by atoms with van der Waals surface area (Å²) in [4.78, 5) is 12.4. The van der Waals surface area contributed by atoms with Crippen LogP contribution in [0.25, 0.3) is 0 Å². The van der Waals surface area contributed by atoms with Crippen LogP contribution in [0.1, 0.15) is 28.4 Å². The van der Waals surface area contributed by atoms with Gasteiger partial charge in [0.25, 0.3) is 0 Å². The van der Waals surface area contributed by atoms with E-state index in [4.69, 9.17) is 9.47 Å². The van der Waals surface area contributed by atoms with Crippen molar-refractivity contribution in [3.63, 3.8) is 0 Å². The van der Waals surface area contributed by atoms with E-state index >= 15 is 0 Å². The van der Waals surface area contributed by atoms with Gasteiger partial charge in [0.2, 0.25) is 0 Å². The molecule has 0 aliphatic carbocycles. The van der Waals surface area contributed by atoms with E-state index in [9.17, 15) is 9.90 Å². The summed E-state index contributed by atoms with van der Waals surface area (Å²) >= 11 is 0. The molecule has 0 amide bonds. The maximum absolute atomic E-state index is 12.4. The zero-order chi connectivity index (χ0) is 14.7. The number of benzene rings is 2. The predicted molar refractivity (Wildman–Crippen MR) is 77.8 cm³/mol. The Labute approximate surface area is 122 Å². The third kappa shape index (κ3) is 2.90. The molecule has 108 valence electrons. The average molecular weight is 284 g/mol. The summed E-state index contributed by atoms with van der Waals surface area (Å²) in [6, 6.07) is 13.9. The number of rotatable bonds is 3. The van der Waals surface area contributed by atoms with Crippen LogP contribution < -0.4 is 9.47 Å². The van der Waals surface area contributed by atoms with Gasteiger partial charge in [0.1, 0.15) is 6.10 Å². The van der Waals surface area contributed by atoms with Gasteiger partial charge in [0.15, 0.2) is 17.3 Å². The van der Waals surface area contributed by atoms with Crippen molar-refractivity contribution in [2.24, 2.45) is 0 Å². The molecule has 0 fully saturated rings. The van der Waals surface area contributed by atoms with Crippen molar-refractivity contribution in [2.75, 3.05) is 13.2 Å². The molecule has 1 aliphatic rings. The van der Waals surface area contributed by atoms with Crippen LogP contribution in [0.4, 0.5) is 0 Å². The third-order valence-corrected chi connectivity index (χ3v) is 3.40. The van der Waals surface area contributed by atoms with Gasteiger partial charge < -0.3 is 14.6 Å². The Morgan fingerprint density at radius 1 is 1.00 bits per heavy atom. The lowest BCUT2D eigenvalue weighted by atomic mass is 10.00. The first kappa shape index (κ1) is 13.6. The molecular formula is C17H16O4. The van der Waals surface area contributed by atoms with Gasteiger partial charge in [-0.2, -0.15) is 0 Å². The zero-order valence-electron chi connectivity index (χ0n) is 11.5. The molecule has 0 radical (unpaired) electrons. The van der Waals surface area contributed by atoms with Gasteiger partial charge in [0, 0.05) is 12.0 Å². The van der Waals surface area contributed by atoms with E-state index in [0.717, 1.165) is 6.42 Å². The number of ether oxygens (including phenoxy) is 2. The predicted octanol–water partition coefficient (Wildman–Crippen LogP) is 2.76. The Morgan fingerprint density at radius 3 is 2.48 bits per heavy atom. The van der Waals surface area contributed by atoms with Crippen LogP contribution in [0, 0.1) is 0 Å². The summed E-state index contributed by atoms with van der Waals surface area (Å²) in [5.41, 5.74) is 0.991. The van der Waals surface area contributed by atoms with E-state index in [0.29, 0.717) is 35.8 Å². The molecule has 1 heterocycles. The van der Waals surface area contributed by atoms with Crippen LogP contribution in [0.5, 0.6) is 11.5 Å². The highest BCUT2D eigenvalue weighted by Gasteiger charge is 2.21. The fourth-order valence-electron chi connectivity index (χ4n) is 2.26. The molecule has 3 rings (SSSR count). The fourth-order valence-corrected chi connectivity index (χ4v) is 2.26. The summed E-state index contributed by atoms with van der Waals surface area (Å²) in [5.74, 6) is 0.841. The van der Waals surface area contributed by atoms with E-state index in [1.807, 2.05) is 6.07 Å². The molecule has 1 atom stereocenters. The molecule has 2 aromatic rings. The van der Waals surface area contributed by atoms with E-state index in [1.54, 1.807) is 42.5 Å². The standard InChI is InChI=1S/C17H16O4/c18-16(12-5-2-1-3-6-12)17(19)13-7-8-14-15(11-13)21-10-4-9-20-14/h1-3,5-8,11,16,18H,4,9-10H2. The normalized spacial score (nSPS) is 15.1. The Balaban J connectivity index is 1.86. The van der Waals surface area contributed by atoms with Gasteiger partial charge in [-0.1, -0.05) is 30.3 Å². The first-order chi connectivity index (χ1) is 10.3. The molecule has 1 N–H and O–H groups in total. The number of aliphatic hydroxyl groups is 1. The zero-order valence-corrected chi connectivity index (χ0v) is 11.5. The summed E-state index contributed by atoms with van der Waals surface area (Å²) in [5, 5.41) is 10.2. The number of Topliss-reactive ketones (excluding diaryl/α,β-unsaturated/α-hetero) is 1. The minimum Gasteiger partial charge on any atom is -0.490 e. The highest BCUT2D eigenvalue weighted by atomic mass is 16.5. The second kappa shape index (κ2) is 5.97. The van der Waals surface area contributed by atoms with Gasteiger partial charge in [-0.05, 0) is 23.8 Å². The van der Waals surface area contributed by atoms with E-state index in [-0.39, 0.29) is 5.78 Å². The minimum atomic E-state index is -1.17. The fraction of sp³-hybridized carbons (Fsp3) is 0.235. The highest BCUT2D eigenvalue weighted by Crippen LogP contribution is 2.31. The Hall–Kier alpha value is -2.33. The molecule has 1 unspecified atom stereocenters. The summed E-state index contributed by atoms with van der Waals surface area (Å²) in [6.45, 7) is 1.17. The maximum atomic E-state index is 12.4. The first-order valence-corrected chi connectivity index (χ1v) is 6.92. The number of hydrogen-bond donors (Lipinski definition) is 1. The lowest BCUT2D eigenvalue weighted by molar-refractivity contribution is 0.0747. The van der Waals surface area contributed by atoms with Crippen molar-refractivity contribution in [3.05, 3.63) is 59.7 Å². The molecule has 0 saturated carbocycles. The average Bonchev–Trinajstić information content (AvgIpc) is 2.79. The monoisotopic (exact) mass is 284 g/mol. The minimum absolute atomic E-state index is 0.350. The lowest BCUT2D eigenvalue weighted by Crippen LogP contribution is -2.12. The second-order valence-corrected chi connectivity index (χ2v) is 4.89. The largest absolute Gasteiger partial charge is 0.490 e.